The van der Waals surface area contributed by atoms with E-state index < -0.39 is 23.8 Å². The Kier molecular flexibility index (Phi) is 3.48. The molecule has 0 aliphatic carbocycles. The zero-order valence-electron chi connectivity index (χ0n) is 10.3. The second-order valence-corrected chi connectivity index (χ2v) is 5.59. The van der Waals surface area contributed by atoms with Gasteiger partial charge in [-0.05, 0) is 24.3 Å². The molecule has 0 saturated heterocycles. The largest absolute Gasteiger partial charge is 0.485 e. The summed E-state index contributed by atoms with van der Waals surface area (Å²) in [5, 5.41) is 10.1. The number of hydrogen-bond acceptors (Lipinski definition) is 2. The lowest BCUT2D eigenvalue weighted by molar-refractivity contribution is 0.0621. The maximum Gasteiger partial charge on any atom is 0.133 e. The van der Waals surface area contributed by atoms with E-state index in [2.05, 4.69) is 15.9 Å². The molecule has 104 valence electrons. The van der Waals surface area contributed by atoms with Crippen molar-refractivity contribution in [1.82, 2.24) is 0 Å². The summed E-state index contributed by atoms with van der Waals surface area (Å²) in [6, 6.07) is 8.88. The van der Waals surface area contributed by atoms with Crippen molar-refractivity contribution in [3.05, 3.63) is 63.6 Å². The summed E-state index contributed by atoms with van der Waals surface area (Å²) >= 11 is 3.31. The maximum atomic E-state index is 13.8. The summed E-state index contributed by atoms with van der Waals surface area (Å²) in [6.45, 7) is 0. The first-order valence-corrected chi connectivity index (χ1v) is 6.93. The molecule has 0 aromatic heterocycles. The molecule has 2 nitrogen and oxygen atoms in total. The minimum Gasteiger partial charge on any atom is -0.485 e. The predicted octanol–water partition coefficient (Wildman–Crippen LogP) is 4.28. The van der Waals surface area contributed by atoms with Crippen molar-refractivity contribution in [1.29, 1.82) is 0 Å². The van der Waals surface area contributed by atoms with Crippen molar-refractivity contribution in [2.45, 2.75) is 18.6 Å². The Bertz CT molecular complexity index is 640. The van der Waals surface area contributed by atoms with Crippen molar-refractivity contribution in [3.63, 3.8) is 0 Å². The molecule has 2 aromatic carbocycles. The van der Waals surface area contributed by atoms with Crippen LogP contribution in [0.25, 0.3) is 0 Å². The topological polar surface area (TPSA) is 29.5 Å². The average molecular weight is 341 g/mol. The molecule has 1 N–H and O–H groups in total. The highest BCUT2D eigenvalue weighted by molar-refractivity contribution is 9.10. The molecule has 0 bridgehead atoms. The third kappa shape index (κ3) is 2.31. The molecule has 2 atom stereocenters. The number of fused-ring (bicyclic) bond motifs is 1. The fraction of sp³-hybridized carbons (Fsp3) is 0.200. The minimum absolute atomic E-state index is 0.118. The summed E-state index contributed by atoms with van der Waals surface area (Å²) in [6.07, 6.45) is -1.53. The van der Waals surface area contributed by atoms with Gasteiger partial charge in [0.1, 0.15) is 23.5 Å². The van der Waals surface area contributed by atoms with Gasteiger partial charge in [0.05, 0.1) is 11.7 Å². The van der Waals surface area contributed by atoms with Gasteiger partial charge in [0, 0.05) is 16.5 Å². The molecule has 0 spiro atoms. The van der Waals surface area contributed by atoms with Gasteiger partial charge in [-0.15, -0.1) is 0 Å². The van der Waals surface area contributed by atoms with Gasteiger partial charge in [0.2, 0.25) is 0 Å². The van der Waals surface area contributed by atoms with Gasteiger partial charge in [-0.1, -0.05) is 28.1 Å². The van der Waals surface area contributed by atoms with E-state index >= 15 is 0 Å². The van der Waals surface area contributed by atoms with Crippen LogP contribution in [0.4, 0.5) is 8.78 Å². The van der Waals surface area contributed by atoms with Gasteiger partial charge in [0.25, 0.3) is 0 Å². The SMILES string of the molecule is OC1CC(c2c(F)cccc2F)Oc2cc(Br)ccc21. The first-order valence-electron chi connectivity index (χ1n) is 6.14. The first-order chi connectivity index (χ1) is 9.56. The molecule has 1 heterocycles. The monoisotopic (exact) mass is 340 g/mol. The summed E-state index contributed by atoms with van der Waals surface area (Å²) in [4.78, 5) is 0. The lowest BCUT2D eigenvalue weighted by Gasteiger charge is -2.30. The van der Waals surface area contributed by atoms with E-state index in [-0.39, 0.29) is 12.0 Å². The van der Waals surface area contributed by atoms with Crippen molar-refractivity contribution in [2.24, 2.45) is 0 Å². The number of rotatable bonds is 1. The van der Waals surface area contributed by atoms with Gasteiger partial charge in [-0.25, -0.2) is 8.78 Å². The number of hydrogen-bond donors (Lipinski definition) is 1. The highest BCUT2D eigenvalue weighted by Crippen LogP contribution is 2.42. The van der Waals surface area contributed by atoms with E-state index in [9.17, 15) is 13.9 Å². The zero-order valence-corrected chi connectivity index (χ0v) is 11.9. The van der Waals surface area contributed by atoms with Crippen LogP contribution in [0.3, 0.4) is 0 Å². The standard InChI is InChI=1S/C15H11BrF2O2/c16-8-4-5-9-12(19)7-14(20-13(9)6-8)15-10(17)2-1-3-11(15)18/h1-6,12,14,19H,7H2. The molecule has 3 rings (SSSR count). The zero-order chi connectivity index (χ0) is 14.3. The van der Waals surface area contributed by atoms with Crippen LogP contribution in [-0.4, -0.2) is 5.11 Å². The van der Waals surface area contributed by atoms with E-state index in [4.69, 9.17) is 4.74 Å². The molecular formula is C15H11BrF2O2. The van der Waals surface area contributed by atoms with Crippen LogP contribution in [0.2, 0.25) is 0 Å². The van der Waals surface area contributed by atoms with Gasteiger partial charge >= 0.3 is 0 Å². The highest BCUT2D eigenvalue weighted by atomic mass is 79.9. The molecule has 0 saturated carbocycles. The fourth-order valence-electron chi connectivity index (χ4n) is 2.41. The van der Waals surface area contributed by atoms with Crippen LogP contribution in [-0.2, 0) is 0 Å². The van der Waals surface area contributed by atoms with Gasteiger partial charge in [0.15, 0.2) is 0 Å². The Labute approximate surface area is 123 Å². The lowest BCUT2D eigenvalue weighted by atomic mass is 9.94. The second kappa shape index (κ2) is 5.14. The summed E-state index contributed by atoms with van der Waals surface area (Å²) in [5.41, 5.74) is 0.485. The molecule has 0 fully saturated rings. The highest BCUT2D eigenvalue weighted by Gasteiger charge is 2.31. The van der Waals surface area contributed by atoms with Crippen molar-refractivity contribution in [2.75, 3.05) is 0 Å². The molecule has 2 unspecified atom stereocenters. The van der Waals surface area contributed by atoms with E-state index in [0.29, 0.717) is 11.3 Å². The number of benzene rings is 2. The second-order valence-electron chi connectivity index (χ2n) is 4.68. The Morgan fingerprint density at radius 1 is 1.15 bits per heavy atom. The van der Waals surface area contributed by atoms with E-state index in [1.807, 2.05) is 0 Å². The van der Waals surface area contributed by atoms with Crippen LogP contribution < -0.4 is 4.74 Å². The molecule has 20 heavy (non-hydrogen) atoms. The molecule has 0 amide bonds. The molecule has 1 aliphatic rings. The smallest absolute Gasteiger partial charge is 0.133 e. The summed E-state index contributed by atoms with van der Waals surface area (Å²) < 4.78 is 34.0. The van der Waals surface area contributed by atoms with E-state index in [1.165, 1.54) is 18.2 Å². The molecule has 0 radical (unpaired) electrons. The number of ether oxygens (including phenoxy) is 1. The molecule has 1 aliphatic heterocycles. The van der Waals surface area contributed by atoms with E-state index in [0.717, 1.165) is 4.47 Å². The molecule has 2 aromatic rings. The fourth-order valence-corrected chi connectivity index (χ4v) is 2.75. The van der Waals surface area contributed by atoms with Crippen molar-refractivity contribution >= 4 is 15.9 Å². The van der Waals surface area contributed by atoms with Crippen molar-refractivity contribution < 1.29 is 18.6 Å². The molecular weight excluding hydrogens is 330 g/mol. The van der Waals surface area contributed by atoms with Gasteiger partial charge in [-0.3, -0.25) is 0 Å². The summed E-state index contributed by atoms with van der Waals surface area (Å²) in [7, 11) is 0. The molecule has 5 heteroatoms. The Morgan fingerprint density at radius 2 is 1.85 bits per heavy atom. The minimum atomic E-state index is -0.840. The third-order valence-corrected chi connectivity index (χ3v) is 3.86. The van der Waals surface area contributed by atoms with Crippen LogP contribution in [0, 0.1) is 11.6 Å². The van der Waals surface area contributed by atoms with Gasteiger partial charge < -0.3 is 9.84 Å². The van der Waals surface area contributed by atoms with Crippen LogP contribution in [0.5, 0.6) is 5.75 Å². The number of halogens is 3. The lowest BCUT2D eigenvalue weighted by Crippen LogP contribution is -2.21. The first kappa shape index (κ1) is 13.5. The summed E-state index contributed by atoms with van der Waals surface area (Å²) in [5.74, 6) is -0.896. The van der Waals surface area contributed by atoms with E-state index in [1.54, 1.807) is 18.2 Å². The maximum absolute atomic E-state index is 13.8. The quantitative estimate of drug-likeness (QED) is 0.839. The van der Waals surface area contributed by atoms with Crippen LogP contribution in [0.1, 0.15) is 29.8 Å². The normalized spacial score (nSPS) is 21.2. The van der Waals surface area contributed by atoms with Crippen molar-refractivity contribution in [3.8, 4) is 5.75 Å². The number of aliphatic hydroxyl groups excluding tert-OH is 1. The van der Waals surface area contributed by atoms with Crippen LogP contribution >= 0.6 is 15.9 Å². The van der Waals surface area contributed by atoms with Crippen LogP contribution in [0.15, 0.2) is 40.9 Å². The predicted molar refractivity (Wildman–Crippen MR) is 73.4 cm³/mol. The van der Waals surface area contributed by atoms with Gasteiger partial charge in [-0.2, -0.15) is 0 Å². The third-order valence-electron chi connectivity index (χ3n) is 3.36. The Balaban J connectivity index is 2.03. The Hall–Kier alpha value is -1.46. The average Bonchev–Trinajstić information content (AvgIpc) is 2.38. The number of aliphatic hydroxyl groups is 1. The Morgan fingerprint density at radius 3 is 2.55 bits per heavy atom.